The summed E-state index contributed by atoms with van der Waals surface area (Å²) in [6.07, 6.45) is -1.59. The molecular weight excluding hydrogens is 514 g/mol. The van der Waals surface area contributed by atoms with Gasteiger partial charge in [-0.15, -0.1) is 0 Å². The van der Waals surface area contributed by atoms with Crippen molar-refractivity contribution in [2.75, 3.05) is 39.0 Å². The summed E-state index contributed by atoms with van der Waals surface area (Å²) >= 11 is 0. The minimum atomic E-state index is -1.19. The lowest BCUT2D eigenvalue weighted by Crippen LogP contribution is -2.41. The maximum atomic E-state index is 12.5. The van der Waals surface area contributed by atoms with Crippen LogP contribution in [0.5, 0.6) is 0 Å². The number of anilines is 1. The Hall–Kier alpha value is -4.10. The van der Waals surface area contributed by atoms with Gasteiger partial charge in [-0.2, -0.15) is 0 Å². The summed E-state index contributed by atoms with van der Waals surface area (Å²) in [5.41, 5.74) is 11.3. The molecule has 0 radical (unpaired) electrons. The van der Waals surface area contributed by atoms with Gasteiger partial charge in [-0.1, -0.05) is 48.5 Å². The number of nitrogens with zero attached hydrogens (tertiary/aromatic N) is 5. The molecule has 4 atom stereocenters. The maximum absolute atomic E-state index is 12.5. The van der Waals surface area contributed by atoms with Gasteiger partial charge >= 0.3 is 6.09 Å². The zero-order valence-corrected chi connectivity index (χ0v) is 21.9. The number of ether oxygens (including phenoxy) is 2. The number of carbonyl (C=O) groups excluding carboxylic acids is 1. The highest BCUT2D eigenvalue weighted by Gasteiger charge is 2.44. The van der Waals surface area contributed by atoms with E-state index in [1.165, 1.54) is 23.8 Å². The Morgan fingerprint density at radius 2 is 1.77 bits per heavy atom. The number of nitrogens with one attached hydrogen (secondary N) is 1. The lowest BCUT2D eigenvalue weighted by atomic mass is 9.98. The van der Waals surface area contributed by atoms with Crippen LogP contribution in [0, 0.1) is 0 Å². The number of nitrogens with two attached hydrogens (primary N) is 1. The fraction of sp³-hybridized carbons (Fsp3) is 0.357. The van der Waals surface area contributed by atoms with E-state index in [4.69, 9.17) is 15.2 Å². The van der Waals surface area contributed by atoms with Crippen LogP contribution in [0.25, 0.3) is 22.3 Å². The van der Waals surface area contributed by atoms with Crippen LogP contribution in [0.2, 0.25) is 0 Å². The summed E-state index contributed by atoms with van der Waals surface area (Å²) < 4.78 is 13.1. The molecule has 1 unspecified atom stereocenters. The van der Waals surface area contributed by atoms with Gasteiger partial charge in [-0.25, -0.2) is 19.7 Å². The summed E-state index contributed by atoms with van der Waals surface area (Å²) in [4.78, 5) is 26.7. The molecule has 6 rings (SSSR count). The Labute approximate surface area is 230 Å². The number of hydrogen-bond acceptors (Lipinski definition) is 10. The second-order valence-electron chi connectivity index (χ2n) is 10.1. The molecule has 1 fully saturated rings. The van der Waals surface area contributed by atoms with Crippen molar-refractivity contribution in [3.8, 4) is 11.1 Å². The summed E-state index contributed by atoms with van der Waals surface area (Å²) in [6, 6.07) is 16.4. The highest BCUT2D eigenvalue weighted by atomic mass is 16.6. The number of amides is 1. The molecule has 5 N–H and O–H groups in total. The van der Waals surface area contributed by atoms with Gasteiger partial charge in [0, 0.05) is 25.6 Å². The normalized spacial score (nSPS) is 22.0. The van der Waals surface area contributed by atoms with E-state index in [9.17, 15) is 15.0 Å². The average Bonchev–Trinajstić information content (AvgIpc) is 3.61. The molecule has 4 aromatic rings. The van der Waals surface area contributed by atoms with Gasteiger partial charge in [0.05, 0.1) is 6.33 Å². The Morgan fingerprint density at radius 3 is 2.50 bits per heavy atom. The van der Waals surface area contributed by atoms with Crippen molar-refractivity contribution in [2.45, 2.75) is 30.5 Å². The van der Waals surface area contributed by atoms with E-state index in [2.05, 4.69) is 44.5 Å². The molecule has 40 heavy (non-hydrogen) atoms. The Bertz CT molecular complexity index is 1480. The van der Waals surface area contributed by atoms with Crippen LogP contribution >= 0.6 is 0 Å². The predicted octanol–water partition coefficient (Wildman–Crippen LogP) is 1.50. The third-order valence-corrected chi connectivity index (χ3v) is 7.60. The van der Waals surface area contributed by atoms with Gasteiger partial charge in [0.1, 0.15) is 36.8 Å². The zero-order chi connectivity index (χ0) is 27.8. The van der Waals surface area contributed by atoms with Crippen LogP contribution < -0.4 is 11.1 Å². The monoisotopic (exact) mass is 545 g/mol. The number of aliphatic hydroxyl groups excluding tert-OH is 2. The maximum Gasteiger partial charge on any atom is 0.407 e. The summed E-state index contributed by atoms with van der Waals surface area (Å²) in [5, 5.41) is 24.1. The van der Waals surface area contributed by atoms with Gasteiger partial charge in [-0.05, 0) is 29.3 Å². The molecule has 1 aliphatic carbocycles. The number of alkyl carbamates (subject to hydrolysis) is 1. The third kappa shape index (κ3) is 4.75. The first kappa shape index (κ1) is 26.1. The standard InChI is InChI=1S/C28H31N7O5/c1-34(12-21-23(36)24(37)27(40-21)35-15-33-22-25(29)31-14-32-26(22)35)11-10-30-28(38)39-13-20-18-8-4-2-6-16(18)17-7-3-5-9-19(17)20/h2-9,14-15,20-21,23-24,27,36-37H,10-13H2,1H3,(H,30,38)(H2,29,31,32)/t21?,23-,24-,27-/m1/s1. The lowest BCUT2D eigenvalue weighted by molar-refractivity contribution is -0.0420. The summed E-state index contributed by atoms with van der Waals surface area (Å²) in [5.74, 6) is 0.216. The summed E-state index contributed by atoms with van der Waals surface area (Å²) in [7, 11) is 1.84. The van der Waals surface area contributed by atoms with Gasteiger partial charge in [0.15, 0.2) is 17.7 Å². The molecule has 2 aromatic heterocycles. The Balaban J connectivity index is 0.989. The zero-order valence-electron chi connectivity index (χ0n) is 21.9. The van der Waals surface area contributed by atoms with E-state index in [-0.39, 0.29) is 18.3 Å². The molecule has 2 aromatic carbocycles. The van der Waals surface area contributed by atoms with E-state index in [0.717, 1.165) is 11.1 Å². The van der Waals surface area contributed by atoms with Crippen LogP contribution in [-0.4, -0.2) is 92.3 Å². The second-order valence-corrected chi connectivity index (χ2v) is 10.1. The van der Waals surface area contributed by atoms with Crippen LogP contribution in [0.3, 0.4) is 0 Å². The largest absolute Gasteiger partial charge is 0.449 e. The highest BCUT2D eigenvalue weighted by molar-refractivity contribution is 5.81. The van der Waals surface area contributed by atoms with E-state index in [1.54, 1.807) is 4.57 Å². The number of rotatable bonds is 8. The fourth-order valence-electron chi connectivity index (χ4n) is 5.56. The number of benzene rings is 2. The minimum absolute atomic E-state index is 0.00304. The molecule has 2 aliphatic rings. The Kier molecular flexibility index (Phi) is 7.07. The topological polar surface area (TPSA) is 161 Å². The second kappa shape index (κ2) is 10.8. The number of carbonyl (C=O) groups is 1. The fourth-order valence-corrected chi connectivity index (χ4v) is 5.56. The van der Waals surface area contributed by atoms with Gasteiger partial charge in [0.25, 0.3) is 0 Å². The molecule has 0 bridgehead atoms. The number of likely N-dealkylation sites (N-methyl/N-ethyl adjacent to an activating group) is 1. The first-order valence-electron chi connectivity index (χ1n) is 13.1. The molecule has 1 aliphatic heterocycles. The van der Waals surface area contributed by atoms with E-state index >= 15 is 0 Å². The van der Waals surface area contributed by atoms with Crippen molar-refractivity contribution in [3.63, 3.8) is 0 Å². The van der Waals surface area contributed by atoms with E-state index in [1.807, 2.05) is 36.2 Å². The molecule has 12 nitrogen and oxygen atoms in total. The van der Waals surface area contributed by atoms with Crippen molar-refractivity contribution in [1.29, 1.82) is 0 Å². The SMILES string of the molecule is CN(CCNC(=O)OCC1c2ccccc2-c2ccccc21)CC1O[C@@H](n2cnc3c(N)ncnc32)[C@H](O)[C@@H]1O. The van der Waals surface area contributed by atoms with Crippen LogP contribution in [-0.2, 0) is 9.47 Å². The van der Waals surface area contributed by atoms with Crippen molar-refractivity contribution in [2.24, 2.45) is 0 Å². The van der Waals surface area contributed by atoms with Crippen LogP contribution in [0.15, 0.2) is 61.2 Å². The van der Waals surface area contributed by atoms with Crippen molar-refractivity contribution < 1.29 is 24.5 Å². The first-order valence-corrected chi connectivity index (χ1v) is 13.1. The predicted molar refractivity (Wildman–Crippen MR) is 146 cm³/mol. The molecule has 3 heterocycles. The smallest absolute Gasteiger partial charge is 0.407 e. The number of nitrogen functional groups attached to an aromatic ring is 1. The first-order chi connectivity index (χ1) is 19.4. The minimum Gasteiger partial charge on any atom is -0.449 e. The van der Waals surface area contributed by atoms with Crippen LogP contribution in [0.1, 0.15) is 23.3 Å². The van der Waals surface area contributed by atoms with Crippen molar-refractivity contribution in [3.05, 3.63) is 72.3 Å². The van der Waals surface area contributed by atoms with E-state index in [0.29, 0.717) is 30.8 Å². The average molecular weight is 546 g/mol. The van der Waals surface area contributed by atoms with Crippen LogP contribution in [0.4, 0.5) is 10.6 Å². The molecular formula is C28H31N7O5. The molecule has 1 saturated heterocycles. The van der Waals surface area contributed by atoms with Gasteiger partial charge < -0.3 is 35.6 Å². The molecule has 12 heteroatoms. The quantitative estimate of drug-likeness (QED) is 0.255. The van der Waals surface area contributed by atoms with Crippen molar-refractivity contribution in [1.82, 2.24) is 29.7 Å². The number of aromatic nitrogens is 4. The summed E-state index contributed by atoms with van der Waals surface area (Å²) in [6.45, 7) is 1.39. The van der Waals surface area contributed by atoms with Gasteiger partial charge in [0.2, 0.25) is 0 Å². The highest BCUT2D eigenvalue weighted by Crippen LogP contribution is 2.44. The number of hydrogen-bond donors (Lipinski definition) is 4. The molecule has 208 valence electrons. The number of fused-ring (bicyclic) bond motifs is 4. The molecule has 0 spiro atoms. The lowest BCUT2D eigenvalue weighted by Gasteiger charge is -2.23. The van der Waals surface area contributed by atoms with Gasteiger partial charge in [-0.3, -0.25) is 4.57 Å². The number of aliphatic hydroxyl groups is 2. The van der Waals surface area contributed by atoms with Crippen molar-refractivity contribution >= 4 is 23.1 Å². The number of imidazole rings is 1. The third-order valence-electron chi connectivity index (χ3n) is 7.60. The van der Waals surface area contributed by atoms with E-state index < -0.39 is 30.6 Å². The molecule has 1 amide bonds. The Morgan fingerprint density at radius 1 is 1.07 bits per heavy atom. The molecule has 0 saturated carbocycles.